The zero-order valence-corrected chi connectivity index (χ0v) is 13.0. The van der Waals surface area contributed by atoms with Crippen molar-refractivity contribution in [3.8, 4) is 11.5 Å². The molecular formula is C18H27NO2. The van der Waals surface area contributed by atoms with E-state index in [0.717, 1.165) is 42.9 Å². The fourth-order valence-corrected chi connectivity index (χ4v) is 4.42. The smallest absolute Gasteiger partial charge is 0.161 e. The van der Waals surface area contributed by atoms with Crippen LogP contribution in [0, 0.1) is 17.3 Å². The number of ether oxygens (including phenoxy) is 2. The lowest BCUT2D eigenvalue weighted by molar-refractivity contribution is 0.124. The molecule has 116 valence electrons. The molecule has 2 fully saturated rings. The van der Waals surface area contributed by atoms with Gasteiger partial charge in [0, 0.05) is 0 Å². The van der Waals surface area contributed by atoms with E-state index in [0.29, 0.717) is 12.0 Å². The lowest BCUT2D eigenvalue weighted by atomic mass is 9.71. The van der Waals surface area contributed by atoms with Gasteiger partial charge < -0.3 is 15.2 Å². The monoisotopic (exact) mass is 289 g/mol. The minimum absolute atomic E-state index is 0.337. The first kappa shape index (κ1) is 14.7. The molecule has 3 unspecified atom stereocenters. The number of benzene rings is 1. The number of rotatable bonds is 7. The molecule has 3 atom stereocenters. The maximum Gasteiger partial charge on any atom is 0.161 e. The van der Waals surface area contributed by atoms with Crippen LogP contribution >= 0.6 is 0 Å². The molecule has 0 saturated heterocycles. The summed E-state index contributed by atoms with van der Waals surface area (Å²) in [7, 11) is 0. The van der Waals surface area contributed by atoms with Gasteiger partial charge in [-0.1, -0.05) is 18.6 Å². The van der Waals surface area contributed by atoms with Gasteiger partial charge in [-0.25, -0.2) is 0 Å². The van der Waals surface area contributed by atoms with E-state index in [1.165, 1.54) is 25.7 Å². The van der Waals surface area contributed by atoms with Crippen molar-refractivity contribution in [1.82, 2.24) is 0 Å². The van der Waals surface area contributed by atoms with Gasteiger partial charge in [-0.05, 0) is 68.5 Å². The van der Waals surface area contributed by atoms with Crippen LogP contribution in [0.5, 0.6) is 11.5 Å². The van der Waals surface area contributed by atoms with Crippen LogP contribution in [-0.4, -0.2) is 19.8 Å². The average Bonchev–Trinajstić information content (AvgIpc) is 3.10. The summed E-state index contributed by atoms with van der Waals surface area (Å²) in [4.78, 5) is 0. The Labute approximate surface area is 127 Å². The second kappa shape index (κ2) is 6.27. The maximum absolute atomic E-state index is 6.13. The predicted octanol–water partition coefficient (Wildman–Crippen LogP) is 3.62. The predicted molar refractivity (Wildman–Crippen MR) is 84.7 cm³/mol. The Hall–Kier alpha value is -1.22. The summed E-state index contributed by atoms with van der Waals surface area (Å²) < 4.78 is 11.6. The molecular weight excluding hydrogens is 262 g/mol. The summed E-state index contributed by atoms with van der Waals surface area (Å²) in [6, 6.07) is 7.93. The molecule has 2 aliphatic rings. The van der Waals surface area contributed by atoms with E-state index < -0.39 is 0 Å². The van der Waals surface area contributed by atoms with Crippen LogP contribution in [0.25, 0.3) is 0 Å². The molecule has 3 rings (SSSR count). The number of hydrogen-bond acceptors (Lipinski definition) is 3. The van der Waals surface area contributed by atoms with Gasteiger partial charge in [-0.2, -0.15) is 0 Å². The third-order valence-corrected chi connectivity index (χ3v) is 5.52. The zero-order valence-electron chi connectivity index (χ0n) is 13.0. The third-order valence-electron chi connectivity index (χ3n) is 5.52. The Morgan fingerprint density at radius 1 is 1.19 bits per heavy atom. The second-order valence-electron chi connectivity index (χ2n) is 6.62. The SMILES string of the molecule is CCOc1ccccc1OCCC1(CN)CC2CCC1C2. The lowest BCUT2D eigenvalue weighted by Crippen LogP contribution is -2.37. The molecule has 3 heteroatoms. The molecule has 1 aromatic rings. The molecule has 2 saturated carbocycles. The van der Waals surface area contributed by atoms with Crippen LogP contribution in [-0.2, 0) is 0 Å². The van der Waals surface area contributed by atoms with E-state index in [1.54, 1.807) is 0 Å². The number of nitrogens with two attached hydrogens (primary N) is 1. The van der Waals surface area contributed by atoms with Crippen LogP contribution < -0.4 is 15.2 Å². The lowest BCUT2D eigenvalue weighted by Gasteiger charge is -2.36. The Balaban J connectivity index is 1.58. The zero-order chi connectivity index (χ0) is 14.7. The highest BCUT2D eigenvalue weighted by atomic mass is 16.5. The normalized spacial score (nSPS) is 30.6. The van der Waals surface area contributed by atoms with Gasteiger partial charge in [0.1, 0.15) is 0 Å². The van der Waals surface area contributed by atoms with Crippen LogP contribution in [0.1, 0.15) is 39.0 Å². The van der Waals surface area contributed by atoms with Gasteiger partial charge in [0.2, 0.25) is 0 Å². The molecule has 2 aliphatic carbocycles. The van der Waals surface area contributed by atoms with Crippen molar-refractivity contribution in [2.45, 2.75) is 39.0 Å². The highest BCUT2D eigenvalue weighted by molar-refractivity contribution is 5.39. The first-order chi connectivity index (χ1) is 10.3. The molecule has 21 heavy (non-hydrogen) atoms. The highest BCUT2D eigenvalue weighted by Crippen LogP contribution is 2.57. The fourth-order valence-electron chi connectivity index (χ4n) is 4.42. The first-order valence-corrected chi connectivity index (χ1v) is 8.32. The van der Waals surface area contributed by atoms with Crippen LogP contribution in [0.15, 0.2) is 24.3 Å². The highest BCUT2D eigenvalue weighted by Gasteiger charge is 2.49. The number of para-hydroxylation sites is 2. The topological polar surface area (TPSA) is 44.5 Å². The Bertz CT molecular complexity index is 476. The molecule has 3 nitrogen and oxygen atoms in total. The van der Waals surface area contributed by atoms with E-state index in [9.17, 15) is 0 Å². The Morgan fingerprint density at radius 3 is 2.52 bits per heavy atom. The summed E-state index contributed by atoms with van der Waals surface area (Å²) in [5.41, 5.74) is 6.47. The van der Waals surface area contributed by atoms with Gasteiger partial charge in [-0.15, -0.1) is 0 Å². The van der Waals surface area contributed by atoms with Gasteiger partial charge in [0.25, 0.3) is 0 Å². The number of hydrogen-bond donors (Lipinski definition) is 1. The van der Waals surface area contributed by atoms with Crippen LogP contribution in [0.3, 0.4) is 0 Å². The molecule has 0 amide bonds. The summed E-state index contributed by atoms with van der Waals surface area (Å²) in [6.45, 7) is 4.21. The van der Waals surface area contributed by atoms with Gasteiger partial charge in [-0.3, -0.25) is 0 Å². The van der Waals surface area contributed by atoms with Crippen LogP contribution in [0.4, 0.5) is 0 Å². The largest absolute Gasteiger partial charge is 0.490 e. The average molecular weight is 289 g/mol. The molecule has 0 radical (unpaired) electrons. The molecule has 1 aromatic carbocycles. The van der Waals surface area contributed by atoms with Crippen molar-refractivity contribution in [1.29, 1.82) is 0 Å². The molecule has 2 bridgehead atoms. The molecule has 0 spiro atoms. The minimum atomic E-state index is 0.337. The van der Waals surface area contributed by atoms with E-state index in [1.807, 2.05) is 31.2 Å². The summed E-state index contributed by atoms with van der Waals surface area (Å²) in [6.07, 6.45) is 6.57. The molecule has 0 aliphatic heterocycles. The van der Waals surface area contributed by atoms with Crippen molar-refractivity contribution >= 4 is 0 Å². The Morgan fingerprint density at radius 2 is 1.95 bits per heavy atom. The van der Waals surface area contributed by atoms with E-state index in [-0.39, 0.29) is 0 Å². The van der Waals surface area contributed by atoms with E-state index in [2.05, 4.69) is 0 Å². The summed E-state index contributed by atoms with van der Waals surface area (Å²) in [5, 5.41) is 0. The van der Waals surface area contributed by atoms with E-state index in [4.69, 9.17) is 15.2 Å². The van der Waals surface area contributed by atoms with Crippen molar-refractivity contribution in [2.75, 3.05) is 19.8 Å². The van der Waals surface area contributed by atoms with Crippen molar-refractivity contribution < 1.29 is 9.47 Å². The minimum Gasteiger partial charge on any atom is -0.490 e. The standard InChI is InChI=1S/C18H27NO2/c1-2-20-16-5-3-4-6-17(16)21-10-9-18(13-19)12-14-7-8-15(18)11-14/h3-6,14-15H,2,7-13,19H2,1H3. The second-order valence-corrected chi connectivity index (χ2v) is 6.62. The van der Waals surface area contributed by atoms with Gasteiger partial charge in [0.05, 0.1) is 13.2 Å². The van der Waals surface area contributed by atoms with Crippen molar-refractivity contribution in [3.05, 3.63) is 24.3 Å². The van der Waals surface area contributed by atoms with Gasteiger partial charge in [0.15, 0.2) is 11.5 Å². The maximum atomic E-state index is 6.13. The molecule has 0 aromatic heterocycles. The quantitative estimate of drug-likeness (QED) is 0.834. The number of fused-ring (bicyclic) bond motifs is 2. The summed E-state index contributed by atoms with van der Waals surface area (Å²) in [5.74, 6) is 3.46. The van der Waals surface area contributed by atoms with E-state index >= 15 is 0 Å². The molecule has 0 heterocycles. The van der Waals surface area contributed by atoms with Crippen LogP contribution in [0.2, 0.25) is 0 Å². The Kier molecular flexibility index (Phi) is 4.39. The fraction of sp³-hybridized carbons (Fsp3) is 0.667. The van der Waals surface area contributed by atoms with Crippen molar-refractivity contribution in [2.24, 2.45) is 23.0 Å². The third kappa shape index (κ3) is 2.89. The van der Waals surface area contributed by atoms with Gasteiger partial charge >= 0.3 is 0 Å². The first-order valence-electron chi connectivity index (χ1n) is 8.32. The molecule has 2 N–H and O–H groups in total. The summed E-state index contributed by atoms with van der Waals surface area (Å²) >= 11 is 0. The van der Waals surface area contributed by atoms with Crippen molar-refractivity contribution in [3.63, 3.8) is 0 Å².